The summed E-state index contributed by atoms with van der Waals surface area (Å²) in [5.74, 6) is -0.955. The average Bonchev–Trinajstić information content (AvgIpc) is 3.45. The molecule has 3 aliphatic rings. The Morgan fingerprint density at radius 3 is 2.39 bits per heavy atom. The van der Waals surface area contributed by atoms with E-state index >= 15 is 0 Å². The van der Waals surface area contributed by atoms with Gasteiger partial charge in [0.15, 0.2) is 0 Å². The van der Waals surface area contributed by atoms with E-state index in [0.29, 0.717) is 43.2 Å². The highest BCUT2D eigenvalue weighted by Gasteiger charge is 2.39. The first kappa shape index (κ1) is 23.5. The number of ether oxygens (including phenoxy) is 1. The fourth-order valence-electron chi connectivity index (χ4n) is 5.26. The van der Waals surface area contributed by atoms with Gasteiger partial charge >= 0.3 is 6.09 Å². The molecule has 2 atom stereocenters. The number of alkyl carbamates (subject to hydrolysis) is 1. The van der Waals surface area contributed by atoms with Crippen molar-refractivity contribution in [3.8, 4) is 0 Å². The zero-order chi connectivity index (χ0) is 22.2. The summed E-state index contributed by atoms with van der Waals surface area (Å²) in [5, 5.41) is 12.5. The molecule has 3 fully saturated rings. The largest absolute Gasteiger partial charge is 0.446 e. The molecular weight excluding hydrogens is 402 g/mol. The summed E-state index contributed by atoms with van der Waals surface area (Å²) in [6, 6.07) is -0.735. The van der Waals surface area contributed by atoms with Crippen molar-refractivity contribution >= 4 is 24.3 Å². The average molecular weight is 438 g/mol. The van der Waals surface area contributed by atoms with Crippen molar-refractivity contribution in [1.29, 1.82) is 0 Å². The fourth-order valence-corrected chi connectivity index (χ4v) is 5.26. The fraction of sp³-hybridized carbons (Fsp3) is 0.818. The molecule has 2 saturated carbocycles. The van der Waals surface area contributed by atoms with E-state index in [2.05, 4.69) is 5.32 Å². The predicted molar refractivity (Wildman–Crippen MR) is 111 cm³/mol. The molecule has 1 heterocycles. The molecule has 9 heteroatoms. The number of imide groups is 1. The summed E-state index contributed by atoms with van der Waals surface area (Å²) in [5.41, 5.74) is 0. The Morgan fingerprint density at radius 2 is 1.71 bits per heavy atom. The van der Waals surface area contributed by atoms with Crippen molar-refractivity contribution in [3.63, 3.8) is 0 Å². The molecule has 0 aromatic carbocycles. The lowest BCUT2D eigenvalue weighted by atomic mass is 9.91. The maximum Gasteiger partial charge on any atom is 0.414 e. The summed E-state index contributed by atoms with van der Waals surface area (Å²) < 4.78 is 5.37. The maximum absolute atomic E-state index is 13.3. The third kappa shape index (κ3) is 6.66. The van der Waals surface area contributed by atoms with Gasteiger partial charge in [0.25, 0.3) is 5.91 Å². The second kappa shape index (κ2) is 11.5. The number of amides is 4. The summed E-state index contributed by atoms with van der Waals surface area (Å²) >= 11 is 0. The molecule has 0 aromatic rings. The van der Waals surface area contributed by atoms with Crippen molar-refractivity contribution in [2.45, 2.75) is 89.2 Å². The van der Waals surface area contributed by atoms with Gasteiger partial charge in [-0.1, -0.05) is 32.1 Å². The van der Waals surface area contributed by atoms with Gasteiger partial charge in [0.2, 0.25) is 12.3 Å². The van der Waals surface area contributed by atoms with Gasteiger partial charge < -0.3 is 9.64 Å². The molecule has 174 valence electrons. The Labute approximate surface area is 183 Å². The van der Waals surface area contributed by atoms with E-state index in [9.17, 15) is 24.4 Å². The standard InChI is InChI=1S/C22H35N3O6/c26-15-24(30)14-17(13-16-7-4-5-8-16)21(28)25-12-6-11-19(25)20(27)23-22(29)31-18-9-2-1-3-10-18/h15-19,30H,1-14H2,(H,23,27,29)/t17-,19+/m1/s1. The van der Waals surface area contributed by atoms with Gasteiger partial charge in [-0.05, 0) is 50.9 Å². The molecule has 31 heavy (non-hydrogen) atoms. The molecule has 0 bridgehead atoms. The highest BCUT2D eigenvalue weighted by Crippen LogP contribution is 2.32. The van der Waals surface area contributed by atoms with Crippen molar-refractivity contribution < 1.29 is 29.1 Å². The molecule has 4 amide bonds. The van der Waals surface area contributed by atoms with Crippen LogP contribution in [0, 0.1) is 11.8 Å². The molecule has 2 aliphatic carbocycles. The number of hydrogen-bond acceptors (Lipinski definition) is 6. The van der Waals surface area contributed by atoms with Gasteiger partial charge in [0.1, 0.15) is 12.1 Å². The molecule has 2 N–H and O–H groups in total. The van der Waals surface area contributed by atoms with Crippen molar-refractivity contribution in [3.05, 3.63) is 0 Å². The molecule has 3 rings (SSSR count). The van der Waals surface area contributed by atoms with Gasteiger partial charge in [-0.25, -0.2) is 9.86 Å². The second-order valence-corrected chi connectivity index (χ2v) is 9.15. The SMILES string of the molecule is O=CN(O)C[C@@H](CC1CCCC1)C(=O)N1CCC[C@H]1C(=O)NC(=O)OC1CCCCC1. The minimum atomic E-state index is -0.749. The maximum atomic E-state index is 13.3. The van der Waals surface area contributed by atoms with Crippen LogP contribution in [-0.2, 0) is 19.1 Å². The molecule has 0 radical (unpaired) electrons. The van der Waals surface area contributed by atoms with Crippen LogP contribution >= 0.6 is 0 Å². The Kier molecular flexibility index (Phi) is 8.69. The van der Waals surface area contributed by atoms with Crippen molar-refractivity contribution in [2.24, 2.45) is 11.8 Å². The van der Waals surface area contributed by atoms with Crippen LogP contribution in [0.4, 0.5) is 4.79 Å². The highest BCUT2D eigenvalue weighted by molar-refractivity contribution is 5.97. The highest BCUT2D eigenvalue weighted by atomic mass is 16.6. The Bertz CT molecular complexity index is 645. The summed E-state index contributed by atoms with van der Waals surface area (Å²) in [7, 11) is 0. The van der Waals surface area contributed by atoms with E-state index < -0.39 is 24.0 Å². The molecule has 1 aliphatic heterocycles. The zero-order valence-electron chi connectivity index (χ0n) is 18.2. The van der Waals surface area contributed by atoms with Crippen LogP contribution in [0.5, 0.6) is 0 Å². The number of carbonyl (C=O) groups is 4. The number of rotatable bonds is 8. The third-order valence-electron chi connectivity index (χ3n) is 6.86. The number of nitrogens with one attached hydrogen (secondary N) is 1. The first-order chi connectivity index (χ1) is 15.0. The topological polar surface area (TPSA) is 116 Å². The summed E-state index contributed by atoms with van der Waals surface area (Å²) in [6.07, 6.45) is 10.2. The van der Waals surface area contributed by atoms with E-state index in [-0.39, 0.29) is 18.6 Å². The van der Waals surface area contributed by atoms with Crippen LogP contribution in [0.3, 0.4) is 0 Å². The first-order valence-corrected chi connectivity index (χ1v) is 11.7. The number of likely N-dealkylation sites (tertiary alicyclic amines) is 1. The second-order valence-electron chi connectivity index (χ2n) is 9.15. The van der Waals surface area contributed by atoms with Crippen LogP contribution < -0.4 is 5.32 Å². The first-order valence-electron chi connectivity index (χ1n) is 11.7. The van der Waals surface area contributed by atoms with Gasteiger partial charge in [0, 0.05) is 6.54 Å². The van der Waals surface area contributed by atoms with E-state index in [4.69, 9.17) is 4.74 Å². The summed E-state index contributed by atoms with van der Waals surface area (Å²) in [6.45, 7) is 0.329. The van der Waals surface area contributed by atoms with Gasteiger partial charge in [-0.2, -0.15) is 0 Å². The van der Waals surface area contributed by atoms with E-state index in [1.807, 2.05) is 0 Å². The van der Waals surface area contributed by atoms with Crippen LogP contribution in [0.15, 0.2) is 0 Å². The molecule has 0 aromatic heterocycles. The molecule has 0 spiro atoms. The monoisotopic (exact) mass is 437 g/mol. The van der Waals surface area contributed by atoms with E-state index in [0.717, 1.165) is 57.8 Å². The number of carbonyl (C=O) groups excluding carboxylic acids is 4. The van der Waals surface area contributed by atoms with Crippen LogP contribution in [0.1, 0.15) is 77.0 Å². The molecule has 9 nitrogen and oxygen atoms in total. The third-order valence-corrected chi connectivity index (χ3v) is 6.86. The van der Waals surface area contributed by atoms with Gasteiger partial charge in [0.05, 0.1) is 12.5 Å². The molecule has 1 saturated heterocycles. The lowest BCUT2D eigenvalue weighted by Gasteiger charge is -2.30. The molecule has 0 unspecified atom stereocenters. The predicted octanol–water partition coefficient (Wildman–Crippen LogP) is 2.61. The van der Waals surface area contributed by atoms with Crippen molar-refractivity contribution in [2.75, 3.05) is 13.1 Å². The zero-order valence-corrected chi connectivity index (χ0v) is 18.2. The van der Waals surface area contributed by atoms with Crippen LogP contribution in [-0.4, -0.2) is 64.7 Å². The number of nitrogens with zero attached hydrogens (tertiary/aromatic N) is 2. The minimum absolute atomic E-state index is 0.0899. The normalized spacial score (nSPS) is 23.4. The van der Waals surface area contributed by atoms with Crippen LogP contribution in [0.2, 0.25) is 0 Å². The van der Waals surface area contributed by atoms with Crippen LogP contribution in [0.25, 0.3) is 0 Å². The minimum Gasteiger partial charge on any atom is -0.446 e. The number of hydrogen-bond donors (Lipinski definition) is 2. The molecular formula is C22H35N3O6. The van der Waals surface area contributed by atoms with E-state index in [1.54, 1.807) is 0 Å². The Morgan fingerprint density at radius 1 is 1.03 bits per heavy atom. The summed E-state index contributed by atoms with van der Waals surface area (Å²) in [4.78, 5) is 50.6. The van der Waals surface area contributed by atoms with E-state index in [1.165, 1.54) is 4.90 Å². The van der Waals surface area contributed by atoms with Gasteiger partial charge in [-0.3, -0.25) is 24.9 Å². The lowest BCUT2D eigenvalue weighted by Crippen LogP contribution is -2.51. The Balaban J connectivity index is 1.58. The van der Waals surface area contributed by atoms with Gasteiger partial charge in [-0.15, -0.1) is 0 Å². The lowest BCUT2D eigenvalue weighted by molar-refractivity contribution is -0.158. The van der Waals surface area contributed by atoms with Crippen molar-refractivity contribution in [1.82, 2.24) is 15.3 Å². The smallest absolute Gasteiger partial charge is 0.414 e. The number of hydroxylamine groups is 2. The quantitative estimate of drug-likeness (QED) is 0.343. The Hall–Kier alpha value is -2.16.